The molecule has 21 heavy (non-hydrogen) atoms. The number of amides is 2. The van der Waals surface area contributed by atoms with Crippen molar-refractivity contribution in [1.29, 1.82) is 0 Å². The fraction of sp³-hybridized carbons (Fsp3) is 0.529. The summed E-state index contributed by atoms with van der Waals surface area (Å²) >= 11 is 0. The van der Waals surface area contributed by atoms with E-state index in [-0.39, 0.29) is 17.9 Å². The van der Waals surface area contributed by atoms with Crippen LogP contribution in [0.3, 0.4) is 0 Å². The number of benzene rings is 1. The van der Waals surface area contributed by atoms with E-state index in [1.807, 2.05) is 36.1 Å². The van der Waals surface area contributed by atoms with E-state index in [1.54, 1.807) is 0 Å². The van der Waals surface area contributed by atoms with Crippen molar-refractivity contribution in [2.75, 3.05) is 11.4 Å². The molecule has 1 saturated heterocycles. The van der Waals surface area contributed by atoms with Crippen molar-refractivity contribution in [3.8, 4) is 0 Å². The van der Waals surface area contributed by atoms with Crippen molar-refractivity contribution < 1.29 is 9.59 Å². The largest absolute Gasteiger partial charge is 0.353 e. The first kappa shape index (κ1) is 15.5. The number of nitrogens with zero attached hydrogens (tertiary/aromatic N) is 1. The lowest BCUT2D eigenvalue weighted by Crippen LogP contribution is -2.37. The van der Waals surface area contributed by atoms with E-state index in [9.17, 15) is 9.59 Å². The number of carbonyl (C=O) groups excluding carboxylic acids is 2. The smallest absolute Gasteiger partial charge is 0.227 e. The first-order valence-electron chi connectivity index (χ1n) is 7.66. The van der Waals surface area contributed by atoms with Gasteiger partial charge in [-0.3, -0.25) is 9.59 Å². The normalized spacial score (nSPS) is 16.4. The van der Waals surface area contributed by atoms with E-state index in [1.165, 1.54) is 0 Å². The molecule has 1 atom stereocenters. The monoisotopic (exact) mass is 288 g/mol. The van der Waals surface area contributed by atoms with E-state index in [0.717, 1.165) is 24.2 Å². The molecule has 1 aliphatic rings. The highest BCUT2D eigenvalue weighted by Crippen LogP contribution is 2.21. The van der Waals surface area contributed by atoms with Crippen molar-refractivity contribution in [3.05, 3.63) is 29.8 Å². The van der Waals surface area contributed by atoms with Crippen molar-refractivity contribution in [1.82, 2.24) is 5.32 Å². The zero-order chi connectivity index (χ0) is 15.4. The van der Waals surface area contributed by atoms with Gasteiger partial charge in [0.05, 0.1) is 6.42 Å². The molecule has 1 fully saturated rings. The summed E-state index contributed by atoms with van der Waals surface area (Å²) in [6.07, 6.45) is 1.94. The highest BCUT2D eigenvalue weighted by atomic mass is 16.2. The molecule has 1 unspecified atom stereocenters. The molecule has 4 nitrogen and oxygen atoms in total. The lowest BCUT2D eigenvalue weighted by atomic mass is 10.1. The summed E-state index contributed by atoms with van der Waals surface area (Å²) in [5.74, 6) is 0.657. The van der Waals surface area contributed by atoms with Crippen LogP contribution in [0, 0.1) is 5.92 Å². The topological polar surface area (TPSA) is 49.4 Å². The molecule has 0 radical (unpaired) electrons. The molecule has 1 heterocycles. The highest BCUT2D eigenvalue weighted by molar-refractivity contribution is 5.95. The SMILES string of the molecule is CC(C)C(C)NC(=O)Cc1ccc(N2CCCC2=O)cc1. The van der Waals surface area contributed by atoms with Crippen LogP contribution in [0.25, 0.3) is 0 Å². The average Bonchev–Trinajstić information content (AvgIpc) is 2.85. The van der Waals surface area contributed by atoms with Crippen LogP contribution in [0.2, 0.25) is 0 Å². The second kappa shape index (κ2) is 6.74. The predicted octanol–water partition coefficient (Wildman–Crippen LogP) is 2.52. The summed E-state index contributed by atoms with van der Waals surface area (Å²) in [5.41, 5.74) is 1.90. The Balaban J connectivity index is 1.93. The Morgan fingerprint density at radius 1 is 1.24 bits per heavy atom. The summed E-state index contributed by atoms with van der Waals surface area (Å²) in [6.45, 7) is 6.99. The number of anilines is 1. The third-order valence-electron chi connectivity index (χ3n) is 4.07. The molecule has 1 N–H and O–H groups in total. The molecule has 2 rings (SSSR count). The molecule has 0 aromatic heterocycles. The molecule has 114 valence electrons. The highest BCUT2D eigenvalue weighted by Gasteiger charge is 2.21. The van der Waals surface area contributed by atoms with Gasteiger partial charge in [0.15, 0.2) is 0 Å². The standard InChI is InChI=1S/C17H24N2O2/c1-12(2)13(3)18-16(20)11-14-6-8-15(9-7-14)19-10-4-5-17(19)21/h6-9,12-13H,4-5,10-11H2,1-3H3,(H,18,20). The molecule has 1 aromatic rings. The second-order valence-corrected chi connectivity index (χ2v) is 6.09. The maximum absolute atomic E-state index is 11.9. The summed E-state index contributed by atoms with van der Waals surface area (Å²) in [4.78, 5) is 25.4. The Kier molecular flexibility index (Phi) is 4.99. The Morgan fingerprint density at radius 3 is 2.43 bits per heavy atom. The third kappa shape index (κ3) is 4.06. The van der Waals surface area contributed by atoms with Crippen LogP contribution >= 0.6 is 0 Å². The van der Waals surface area contributed by atoms with Crippen molar-refractivity contribution in [2.24, 2.45) is 5.92 Å². The summed E-state index contributed by atoms with van der Waals surface area (Å²) < 4.78 is 0. The maximum Gasteiger partial charge on any atom is 0.227 e. The van der Waals surface area contributed by atoms with E-state index in [2.05, 4.69) is 19.2 Å². The quantitative estimate of drug-likeness (QED) is 0.905. The first-order chi connectivity index (χ1) is 9.97. The van der Waals surface area contributed by atoms with Crippen LogP contribution in [0.1, 0.15) is 39.2 Å². The Labute approximate surface area is 126 Å². The molecule has 1 aromatic carbocycles. The predicted molar refractivity (Wildman–Crippen MR) is 84.2 cm³/mol. The van der Waals surface area contributed by atoms with Gasteiger partial charge < -0.3 is 10.2 Å². The second-order valence-electron chi connectivity index (χ2n) is 6.09. The minimum atomic E-state index is 0.0428. The Morgan fingerprint density at radius 2 is 1.90 bits per heavy atom. The summed E-state index contributed by atoms with van der Waals surface area (Å²) in [6, 6.07) is 7.90. The molecule has 0 saturated carbocycles. The average molecular weight is 288 g/mol. The molecular formula is C17H24N2O2. The molecular weight excluding hydrogens is 264 g/mol. The van der Waals surface area contributed by atoms with Gasteiger partial charge in [0.1, 0.15) is 0 Å². The zero-order valence-electron chi connectivity index (χ0n) is 13.1. The minimum absolute atomic E-state index is 0.0428. The van der Waals surface area contributed by atoms with Crippen LogP contribution in [0.15, 0.2) is 24.3 Å². The summed E-state index contributed by atoms with van der Waals surface area (Å²) in [5, 5.41) is 3.00. The van der Waals surface area contributed by atoms with E-state index >= 15 is 0 Å². The van der Waals surface area contributed by atoms with Gasteiger partial charge in [-0.15, -0.1) is 0 Å². The zero-order valence-corrected chi connectivity index (χ0v) is 13.1. The van der Waals surface area contributed by atoms with Crippen LogP contribution in [0.4, 0.5) is 5.69 Å². The lowest BCUT2D eigenvalue weighted by Gasteiger charge is -2.18. The van der Waals surface area contributed by atoms with Gasteiger partial charge in [0.25, 0.3) is 0 Å². The van der Waals surface area contributed by atoms with Gasteiger partial charge in [-0.2, -0.15) is 0 Å². The number of rotatable bonds is 5. The fourth-order valence-corrected chi connectivity index (χ4v) is 2.37. The van der Waals surface area contributed by atoms with E-state index in [4.69, 9.17) is 0 Å². The third-order valence-corrected chi connectivity index (χ3v) is 4.07. The summed E-state index contributed by atoms with van der Waals surface area (Å²) in [7, 11) is 0. The fourth-order valence-electron chi connectivity index (χ4n) is 2.37. The molecule has 4 heteroatoms. The molecule has 0 spiro atoms. The molecule has 0 aliphatic carbocycles. The van der Waals surface area contributed by atoms with Gasteiger partial charge in [-0.05, 0) is 37.0 Å². The van der Waals surface area contributed by atoms with E-state index in [0.29, 0.717) is 18.8 Å². The van der Waals surface area contributed by atoms with Gasteiger partial charge in [-0.1, -0.05) is 26.0 Å². The van der Waals surface area contributed by atoms with Gasteiger partial charge in [0.2, 0.25) is 11.8 Å². The van der Waals surface area contributed by atoms with Gasteiger partial charge in [0, 0.05) is 24.7 Å². The first-order valence-corrected chi connectivity index (χ1v) is 7.66. The maximum atomic E-state index is 11.9. The number of hydrogen-bond acceptors (Lipinski definition) is 2. The lowest BCUT2D eigenvalue weighted by molar-refractivity contribution is -0.121. The van der Waals surface area contributed by atoms with Gasteiger partial charge in [-0.25, -0.2) is 0 Å². The Bertz CT molecular complexity index is 508. The van der Waals surface area contributed by atoms with Crippen molar-refractivity contribution >= 4 is 17.5 Å². The van der Waals surface area contributed by atoms with Crippen molar-refractivity contribution in [3.63, 3.8) is 0 Å². The van der Waals surface area contributed by atoms with Crippen LogP contribution in [-0.2, 0) is 16.0 Å². The molecule has 0 bridgehead atoms. The van der Waals surface area contributed by atoms with Crippen LogP contribution < -0.4 is 10.2 Å². The minimum Gasteiger partial charge on any atom is -0.353 e. The van der Waals surface area contributed by atoms with Crippen molar-refractivity contribution in [2.45, 2.75) is 46.1 Å². The van der Waals surface area contributed by atoms with Crippen LogP contribution in [-0.4, -0.2) is 24.4 Å². The van der Waals surface area contributed by atoms with E-state index < -0.39 is 0 Å². The molecule has 2 amide bonds. The number of hydrogen-bond donors (Lipinski definition) is 1. The number of carbonyl (C=O) groups is 2. The van der Waals surface area contributed by atoms with Crippen LogP contribution in [0.5, 0.6) is 0 Å². The van der Waals surface area contributed by atoms with Gasteiger partial charge >= 0.3 is 0 Å². The Hall–Kier alpha value is -1.84. The number of nitrogens with one attached hydrogen (secondary N) is 1. The molecule has 1 aliphatic heterocycles.